The van der Waals surface area contributed by atoms with Crippen LogP contribution in [0, 0.1) is 23.7 Å². The highest BCUT2D eigenvalue weighted by molar-refractivity contribution is 6.32. The zero-order chi connectivity index (χ0) is 31.1. The van der Waals surface area contributed by atoms with Crippen LogP contribution in [0.25, 0.3) is 0 Å². The second kappa shape index (κ2) is 11.7. The number of unbranched alkanes of at least 4 members (excludes halogenated alkanes) is 1. The van der Waals surface area contributed by atoms with E-state index in [9.17, 15) is 43.8 Å². The fourth-order valence-corrected chi connectivity index (χ4v) is 6.50. The second-order valence-electron chi connectivity index (χ2n) is 11.2. The molecule has 13 heteroatoms. The number of nitrogens with two attached hydrogens (primary N) is 1. The largest absolute Gasteiger partial charge is 0.507 e. The number of benzene rings is 1. The normalized spacial score (nSPS) is 30.3. The second-order valence-corrected chi connectivity index (χ2v) is 11.2. The molecule has 3 aliphatic rings. The molecule has 0 heterocycles. The maximum absolute atomic E-state index is 14.0. The summed E-state index contributed by atoms with van der Waals surface area (Å²) in [5.41, 5.74) is 2.41. The molecule has 226 valence electrons. The first kappa shape index (κ1) is 31.0. The zero-order valence-electron chi connectivity index (χ0n) is 23.5. The van der Waals surface area contributed by atoms with Crippen molar-refractivity contribution in [3.05, 3.63) is 29.3 Å². The molecule has 1 aromatic carbocycles. The van der Waals surface area contributed by atoms with Gasteiger partial charge in [0.05, 0.1) is 42.9 Å². The van der Waals surface area contributed by atoms with Crippen molar-refractivity contribution in [3.63, 3.8) is 0 Å². The summed E-state index contributed by atoms with van der Waals surface area (Å²) in [7, 11) is 2.83. The van der Waals surface area contributed by atoms with Gasteiger partial charge in [-0.2, -0.15) is 0 Å². The number of aliphatic hydroxyl groups is 1. The van der Waals surface area contributed by atoms with Gasteiger partial charge in [-0.25, -0.2) is 0 Å². The van der Waals surface area contributed by atoms with Crippen LogP contribution in [0.1, 0.15) is 48.5 Å². The number of carbonyl (C=O) groups is 7. The molecule has 4 N–H and O–H groups in total. The molecule has 13 nitrogen and oxygen atoms in total. The van der Waals surface area contributed by atoms with Crippen LogP contribution in [0.5, 0.6) is 5.75 Å². The molecule has 0 bridgehead atoms. The molecule has 7 atom stereocenters. The number of primary amides is 1. The van der Waals surface area contributed by atoms with E-state index in [1.165, 1.54) is 31.1 Å². The Morgan fingerprint density at radius 1 is 1.07 bits per heavy atom. The fourth-order valence-electron chi connectivity index (χ4n) is 6.50. The molecule has 0 aliphatic heterocycles. The van der Waals surface area contributed by atoms with Crippen LogP contribution in [0.4, 0.5) is 0 Å². The summed E-state index contributed by atoms with van der Waals surface area (Å²) >= 11 is 0. The fraction of sp³-hybridized carbons (Fsp3) is 0.552. The van der Waals surface area contributed by atoms with E-state index >= 15 is 0 Å². The van der Waals surface area contributed by atoms with Gasteiger partial charge >= 0.3 is 11.9 Å². The minimum atomic E-state index is -3.11. The standard InChI is InChI=1S/C29H34N2O11/c1-4-5-11-41-16(33)9-10-17(34)42-25-14-12-13-7-6-8-15(32)18(13)23(35)19(14)26(37)29(40)21(25)22(31(2)3)24(36)20(27(29)38)28(30)39/h6-8,14,19-22,25,32,40H,4-5,9-12H2,1-3H3,(H2,30,39)/t14-,19?,20?,21-,22+,25+,29+/m0/s1. The van der Waals surface area contributed by atoms with Crippen molar-refractivity contribution in [1.29, 1.82) is 0 Å². The summed E-state index contributed by atoms with van der Waals surface area (Å²) in [5.74, 6) is -14.8. The Morgan fingerprint density at radius 2 is 1.74 bits per heavy atom. The number of hydrogen-bond acceptors (Lipinski definition) is 12. The van der Waals surface area contributed by atoms with E-state index in [2.05, 4.69) is 0 Å². The Hall–Kier alpha value is -3.97. The van der Waals surface area contributed by atoms with Gasteiger partial charge in [-0.1, -0.05) is 25.5 Å². The summed E-state index contributed by atoms with van der Waals surface area (Å²) in [6.07, 6.45) is -1.01. The van der Waals surface area contributed by atoms with Gasteiger partial charge in [0, 0.05) is 5.92 Å². The molecular weight excluding hydrogens is 552 g/mol. The van der Waals surface area contributed by atoms with Gasteiger partial charge in [0.25, 0.3) is 0 Å². The number of amides is 1. The number of rotatable bonds is 9. The molecule has 2 fully saturated rings. The zero-order valence-corrected chi connectivity index (χ0v) is 23.5. The van der Waals surface area contributed by atoms with Crippen LogP contribution in [0.15, 0.2) is 18.2 Å². The Morgan fingerprint density at radius 3 is 2.36 bits per heavy atom. The van der Waals surface area contributed by atoms with Gasteiger partial charge in [-0.15, -0.1) is 0 Å². The van der Waals surface area contributed by atoms with Gasteiger partial charge in [-0.3, -0.25) is 38.5 Å². The van der Waals surface area contributed by atoms with Crippen molar-refractivity contribution in [2.45, 2.75) is 56.8 Å². The van der Waals surface area contributed by atoms with E-state index in [-0.39, 0.29) is 25.0 Å². The molecular formula is C29H34N2O11. The molecule has 3 aliphatic carbocycles. The number of hydrogen-bond donors (Lipinski definition) is 3. The topological polar surface area (TPSA) is 208 Å². The third kappa shape index (κ3) is 5.00. The third-order valence-electron chi connectivity index (χ3n) is 8.41. The Balaban J connectivity index is 1.80. The maximum Gasteiger partial charge on any atom is 0.306 e. The number of phenolic OH excluding ortho intramolecular Hbond substituents is 1. The highest BCUT2D eigenvalue weighted by Gasteiger charge is 2.73. The number of ketones is 4. The first-order chi connectivity index (χ1) is 19.8. The van der Waals surface area contributed by atoms with Crippen LogP contribution in [0.2, 0.25) is 0 Å². The van der Waals surface area contributed by atoms with Crippen molar-refractivity contribution in [2.75, 3.05) is 20.7 Å². The number of phenols is 1. The number of Topliss-reactive ketones (excluding diaryl/α,β-unsaturated/α-hetero) is 4. The summed E-state index contributed by atoms with van der Waals surface area (Å²) < 4.78 is 10.8. The lowest BCUT2D eigenvalue weighted by molar-refractivity contribution is -0.204. The molecule has 0 aromatic heterocycles. The lowest BCUT2D eigenvalue weighted by Gasteiger charge is -2.55. The molecule has 0 spiro atoms. The number of ether oxygens (including phenoxy) is 2. The predicted octanol–water partition coefficient (Wildman–Crippen LogP) is -0.488. The minimum Gasteiger partial charge on any atom is -0.507 e. The summed E-state index contributed by atoms with van der Waals surface area (Å²) in [5, 5.41) is 22.3. The van der Waals surface area contributed by atoms with Crippen LogP contribution in [0.3, 0.4) is 0 Å². The van der Waals surface area contributed by atoms with Gasteiger partial charge in [0.2, 0.25) is 5.91 Å². The first-order valence-corrected chi connectivity index (χ1v) is 13.8. The van der Waals surface area contributed by atoms with Gasteiger partial charge < -0.3 is 25.4 Å². The average molecular weight is 587 g/mol. The summed E-state index contributed by atoms with van der Waals surface area (Å²) in [4.78, 5) is 93.5. The van der Waals surface area contributed by atoms with E-state index in [0.717, 1.165) is 6.42 Å². The Labute approximate surface area is 241 Å². The lowest BCUT2D eigenvalue weighted by Crippen LogP contribution is -2.78. The maximum atomic E-state index is 14.0. The number of esters is 2. The van der Waals surface area contributed by atoms with Gasteiger partial charge in [-0.05, 0) is 38.6 Å². The molecule has 1 aromatic rings. The summed E-state index contributed by atoms with van der Waals surface area (Å²) in [6.45, 7) is 2.09. The van der Waals surface area contributed by atoms with Crippen LogP contribution in [-0.2, 0) is 44.7 Å². The Kier molecular flexibility index (Phi) is 8.65. The van der Waals surface area contributed by atoms with Crippen LogP contribution < -0.4 is 5.73 Å². The van der Waals surface area contributed by atoms with Gasteiger partial charge in [0.15, 0.2) is 34.7 Å². The molecule has 1 amide bonds. The highest BCUT2D eigenvalue weighted by atomic mass is 16.5. The molecule has 0 radical (unpaired) electrons. The molecule has 0 saturated heterocycles. The lowest BCUT2D eigenvalue weighted by atomic mass is 9.51. The highest BCUT2D eigenvalue weighted by Crippen LogP contribution is 2.51. The SMILES string of the molecule is CCCCOC(=O)CCC(=O)O[C@H]1[C@@H]2[C@@H](N(C)C)C(=O)C(C(N)=O)C(=O)[C@]2(O)C(=O)C2C(=O)c3c(O)cccc3C[C@@H]21. The monoisotopic (exact) mass is 586 g/mol. The molecule has 42 heavy (non-hydrogen) atoms. The molecule has 4 rings (SSSR count). The third-order valence-corrected chi connectivity index (χ3v) is 8.41. The van der Waals surface area contributed by atoms with Crippen molar-refractivity contribution in [2.24, 2.45) is 29.4 Å². The van der Waals surface area contributed by atoms with E-state index in [4.69, 9.17) is 15.2 Å². The average Bonchev–Trinajstić information content (AvgIpc) is 2.91. The van der Waals surface area contributed by atoms with E-state index in [1.54, 1.807) is 6.07 Å². The number of carbonyl (C=O) groups excluding carboxylic acids is 7. The van der Waals surface area contributed by atoms with E-state index in [1.807, 2.05) is 6.92 Å². The van der Waals surface area contributed by atoms with Crippen LogP contribution in [-0.4, -0.2) is 94.5 Å². The van der Waals surface area contributed by atoms with Crippen molar-refractivity contribution < 1.29 is 53.2 Å². The number of nitrogens with zero attached hydrogens (tertiary/aromatic N) is 1. The molecule has 2 unspecified atom stereocenters. The number of aromatic hydroxyl groups is 1. The Bertz CT molecular complexity index is 1350. The van der Waals surface area contributed by atoms with Crippen LogP contribution >= 0.6 is 0 Å². The smallest absolute Gasteiger partial charge is 0.306 e. The van der Waals surface area contributed by atoms with E-state index < -0.39 is 94.6 Å². The predicted molar refractivity (Wildman–Crippen MR) is 142 cm³/mol. The van der Waals surface area contributed by atoms with Crippen molar-refractivity contribution in [1.82, 2.24) is 4.90 Å². The first-order valence-electron chi connectivity index (χ1n) is 13.8. The van der Waals surface area contributed by atoms with Gasteiger partial charge in [0.1, 0.15) is 11.9 Å². The minimum absolute atomic E-state index is 0.0861. The quantitative estimate of drug-likeness (QED) is 0.190. The number of fused-ring (bicyclic) bond motifs is 3. The molecule has 2 saturated carbocycles. The van der Waals surface area contributed by atoms with Crippen molar-refractivity contribution in [3.8, 4) is 5.75 Å². The number of likely N-dealkylation sites (N-methyl/N-ethyl adjacent to an activating group) is 1. The van der Waals surface area contributed by atoms with Crippen molar-refractivity contribution >= 4 is 41.0 Å². The summed E-state index contributed by atoms with van der Waals surface area (Å²) in [6, 6.07) is 2.78. The van der Waals surface area contributed by atoms with E-state index in [0.29, 0.717) is 12.0 Å².